The number of fused-ring (bicyclic) bond motifs is 2. The normalized spacial score (nSPS) is 25.5. The van der Waals surface area contributed by atoms with Gasteiger partial charge in [-0.15, -0.1) is 0 Å². The topological polar surface area (TPSA) is 60.4 Å². The van der Waals surface area contributed by atoms with Crippen LogP contribution in [0.2, 0.25) is 0 Å². The number of hydrogen-bond donors (Lipinski definition) is 1. The average molecular weight is 397 g/mol. The number of rotatable bonds is 4. The molecule has 3 atom stereocenters. The summed E-state index contributed by atoms with van der Waals surface area (Å²) in [6, 6.07) is 9.68. The molecule has 3 aliphatic heterocycles. The molecular formula is C23H27NO5. The first-order valence-electron chi connectivity index (χ1n) is 10.4. The van der Waals surface area contributed by atoms with Gasteiger partial charge >= 0.3 is 0 Å². The molecule has 1 fully saturated rings. The molecule has 3 unspecified atom stereocenters. The van der Waals surface area contributed by atoms with Crippen LogP contribution in [0, 0.1) is 5.92 Å². The fourth-order valence-corrected chi connectivity index (χ4v) is 5.03. The van der Waals surface area contributed by atoms with Crippen molar-refractivity contribution in [3.05, 3.63) is 41.5 Å². The third kappa shape index (κ3) is 2.97. The number of nitrogens with zero attached hydrogens (tertiary/aromatic N) is 1. The van der Waals surface area contributed by atoms with E-state index >= 15 is 0 Å². The molecule has 6 heteroatoms. The zero-order valence-corrected chi connectivity index (χ0v) is 16.9. The van der Waals surface area contributed by atoms with E-state index in [9.17, 15) is 5.11 Å². The zero-order valence-electron chi connectivity index (χ0n) is 16.9. The summed E-state index contributed by atoms with van der Waals surface area (Å²) in [7, 11) is 1.58. The lowest BCUT2D eigenvalue weighted by Gasteiger charge is -2.43. The molecule has 2 aromatic carbocycles. The first-order chi connectivity index (χ1) is 14.2. The van der Waals surface area contributed by atoms with Crippen LogP contribution < -0.4 is 18.9 Å². The Morgan fingerprint density at radius 3 is 2.55 bits per heavy atom. The van der Waals surface area contributed by atoms with Crippen LogP contribution in [0.15, 0.2) is 30.3 Å². The van der Waals surface area contributed by atoms with Crippen LogP contribution in [-0.2, 0) is 0 Å². The van der Waals surface area contributed by atoms with Crippen molar-refractivity contribution < 1.29 is 24.1 Å². The van der Waals surface area contributed by atoms with Crippen molar-refractivity contribution >= 4 is 0 Å². The molecule has 6 nitrogen and oxygen atoms in total. The smallest absolute Gasteiger partial charge is 0.231 e. The van der Waals surface area contributed by atoms with Gasteiger partial charge < -0.3 is 24.1 Å². The molecule has 0 saturated carbocycles. The number of hydrogen-bond acceptors (Lipinski definition) is 6. The van der Waals surface area contributed by atoms with Crippen molar-refractivity contribution in [3.63, 3.8) is 0 Å². The fourth-order valence-electron chi connectivity index (χ4n) is 5.03. The van der Waals surface area contributed by atoms with Crippen LogP contribution in [0.25, 0.3) is 0 Å². The summed E-state index contributed by atoms with van der Waals surface area (Å²) >= 11 is 0. The number of phenolic OH excluding ortho intramolecular Hbond substituents is 1. The van der Waals surface area contributed by atoms with Gasteiger partial charge in [0.2, 0.25) is 6.79 Å². The van der Waals surface area contributed by atoms with Gasteiger partial charge in [-0.2, -0.15) is 0 Å². The summed E-state index contributed by atoms with van der Waals surface area (Å²) in [4.78, 5) is 2.44. The third-order valence-corrected chi connectivity index (χ3v) is 6.44. The Morgan fingerprint density at radius 1 is 1.07 bits per heavy atom. The van der Waals surface area contributed by atoms with Crippen LogP contribution in [0.5, 0.6) is 28.7 Å². The minimum atomic E-state index is -0.0361. The highest BCUT2D eigenvalue weighted by molar-refractivity contribution is 5.59. The second-order valence-electron chi connectivity index (χ2n) is 7.94. The van der Waals surface area contributed by atoms with Gasteiger partial charge in [-0.05, 0) is 31.4 Å². The van der Waals surface area contributed by atoms with Crippen molar-refractivity contribution in [3.8, 4) is 28.7 Å². The maximum atomic E-state index is 11.0. The molecule has 2 aromatic rings. The van der Waals surface area contributed by atoms with E-state index in [-0.39, 0.29) is 30.6 Å². The SMILES string of the molecule is CCC1C(c2cccc(OC)c2O)c2cc3c(cc2OC1N1CCCC1)OCO3. The molecule has 0 spiro atoms. The lowest BCUT2D eigenvalue weighted by Crippen LogP contribution is -2.47. The van der Waals surface area contributed by atoms with E-state index in [1.807, 2.05) is 24.3 Å². The number of likely N-dealkylation sites (tertiary alicyclic amines) is 1. The predicted molar refractivity (Wildman–Crippen MR) is 108 cm³/mol. The Labute approximate surface area is 170 Å². The molecule has 3 aliphatic rings. The maximum absolute atomic E-state index is 11.0. The predicted octanol–water partition coefficient (Wildman–Crippen LogP) is 4.10. The fraction of sp³-hybridized carbons (Fsp3) is 0.478. The zero-order chi connectivity index (χ0) is 20.0. The molecule has 0 bridgehead atoms. The van der Waals surface area contributed by atoms with Gasteiger partial charge in [0.1, 0.15) is 5.75 Å². The number of aromatic hydroxyl groups is 1. The first kappa shape index (κ1) is 18.4. The second-order valence-corrected chi connectivity index (χ2v) is 7.94. The van der Waals surface area contributed by atoms with E-state index in [1.54, 1.807) is 13.2 Å². The summed E-state index contributed by atoms with van der Waals surface area (Å²) in [6.45, 7) is 4.50. The third-order valence-electron chi connectivity index (χ3n) is 6.44. The Hall–Kier alpha value is -2.60. The lowest BCUT2D eigenvalue weighted by atomic mass is 9.75. The molecule has 3 heterocycles. The van der Waals surface area contributed by atoms with Gasteiger partial charge in [0.05, 0.1) is 7.11 Å². The largest absolute Gasteiger partial charge is 0.504 e. The summed E-state index contributed by atoms with van der Waals surface area (Å²) in [5, 5.41) is 11.0. The highest BCUT2D eigenvalue weighted by Crippen LogP contribution is 2.53. The van der Waals surface area contributed by atoms with Crippen molar-refractivity contribution in [2.75, 3.05) is 27.0 Å². The molecule has 0 radical (unpaired) electrons. The van der Waals surface area contributed by atoms with Crippen molar-refractivity contribution in [2.45, 2.75) is 38.3 Å². The number of ether oxygens (including phenoxy) is 4. The molecule has 1 N–H and O–H groups in total. The lowest BCUT2D eigenvalue weighted by molar-refractivity contribution is -0.0259. The van der Waals surface area contributed by atoms with Crippen LogP contribution in [0.4, 0.5) is 0 Å². The summed E-state index contributed by atoms with van der Waals surface area (Å²) in [6.07, 6.45) is 3.28. The minimum Gasteiger partial charge on any atom is -0.504 e. The standard InChI is InChI=1S/C23H27NO5/c1-3-14-21(15-7-6-8-17(26-2)22(15)25)16-11-19-20(28-13-27-19)12-18(16)29-23(14)24-9-4-5-10-24/h6-8,11-12,14,21,23,25H,3-5,9-10,13H2,1-2H3. The quantitative estimate of drug-likeness (QED) is 0.838. The highest BCUT2D eigenvalue weighted by Gasteiger charge is 2.43. The molecule has 29 heavy (non-hydrogen) atoms. The number of phenols is 1. The minimum absolute atomic E-state index is 0.0288. The molecule has 0 aromatic heterocycles. The number of benzene rings is 2. The van der Waals surface area contributed by atoms with Crippen LogP contribution in [0.3, 0.4) is 0 Å². The van der Waals surface area contributed by atoms with Gasteiger partial charge in [-0.25, -0.2) is 0 Å². The van der Waals surface area contributed by atoms with E-state index in [0.717, 1.165) is 42.1 Å². The van der Waals surface area contributed by atoms with Gasteiger partial charge in [0.15, 0.2) is 29.2 Å². The molecule has 154 valence electrons. The average Bonchev–Trinajstić information content (AvgIpc) is 3.43. The van der Waals surface area contributed by atoms with Crippen molar-refractivity contribution in [1.82, 2.24) is 4.90 Å². The Bertz CT molecular complexity index is 908. The second kappa shape index (κ2) is 7.34. The molecule has 1 saturated heterocycles. The van der Waals surface area contributed by atoms with Gasteiger partial charge in [-0.1, -0.05) is 19.1 Å². The highest BCUT2D eigenvalue weighted by atomic mass is 16.7. The van der Waals surface area contributed by atoms with E-state index < -0.39 is 0 Å². The monoisotopic (exact) mass is 397 g/mol. The summed E-state index contributed by atoms with van der Waals surface area (Å²) < 4.78 is 23.2. The van der Waals surface area contributed by atoms with Crippen LogP contribution >= 0.6 is 0 Å². The summed E-state index contributed by atoms with van der Waals surface area (Å²) in [5.41, 5.74) is 1.89. The van der Waals surface area contributed by atoms with Crippen molar-refractivity contribution in [1.29, 1.82) is 0 Å². The van der Waals surface area contributed by atoms with Gasteiger partial charge in [0, 0.05) is 42.1 Å². The Kier molecular flexibility index (Phi) is 4.66. The molecular weight excluding hydrogens is 370 g/mol. The number of para-hydroxylation sites is 1. The molecule has 0 amide bonds. The van der Waals surface area contributed by atoms with Crippen LogP contribution in [0.1, 0.15) is 43.2 Å². The van der Waals surface area contributed by atoms with E-state index in [4.69, 9.17) is 18.9 Å². The van der Waals surface area contributed by atoms with E-state index in [0.29, 0.717) is 11.5 Å². The maximum Gasteiger partial charge on any atom is 0.231 e. The van der Waals surface area contributed by atoms with Crippen molar-refractivity contribution in [2.24, 2.45) is 5.92 Å². The van der Waals surface area contributed by atoms with Crippen LogP contribution in [-0.4, -0.2) is 43.2 Å². The number of methoxy groups -OCH3 is 1. The van der Waals surface area contributed by atoms with Gasteiger partial charge in [-0.3, -0.25) is 4.90 Å². The Morgan fingerprint density at radius 2 is 1.83 bits per heavy atom. The Balaban J connectivity index is 1.68. The first-order valence-corrected chi connectivity index (χ1v) is 10.4. The van der Waals surface area contributed by atoms with Gasteiger partial charge in [0.25, 0.3) is 0 Å². The van der Waals surface area contributed by atoms with E-state index in [2.05, 4.69) is 11.8 Å². The molecule has 5 rings (SSSR count). The van der Waals surface area contributed by atoms with E-state index in [1.165, 1.54) is 12.8 Å². The summed E-state index contributed by atoms with van der Waals surface area (Å²) in [5.74, 6) is 3.11. The molecule has 0 aliphatic carbocycles.